The van der Waals surface area contributed by atoms with E-state index in [-0.39, 0.29) is 11.8 Å². The van der Waals surface area contributed by atoms with Crippen LogP contribution in [0.5, 0.6) is 0 Å². The van der Waals surface area contributed by atoms with Gasteiger partial charge in [-0.1, -0.05) is 92.7 Å². The lowest BCUT2D eigenvalue weighted by molar-refractivity contribution is -0.118. The number of carbonyl (C=O) groups is 1. The second-order valence-electron chi connectivity index (χ2n) is 11.2. The summed E-state index contributed by atoms with van der Waals surface area (Å²) in [4.78, 5) is 18.6. The first-order chi connectivity index (χ1) is 19.1. The Morgan fingerprint density at radius 3 is 2.46 bits per heavy atom. The molecule has 4 nitrogen and oxygen atoms in total. The number of hydrogen-bond acceptors (Lipinski definition) is 2. The van der Waals surface area contributed by atoms with Crippen LogP contribution in [0, 0.1) is 5.92 Å². The molecular weight excluding hydrogens is 478 g/mol. The Labute approximate surface area is 231 Å². The van der Waals surface area contributed by atoms with E-state index in [9.17, 15) is 4.79 Å². The van der Waals surface area contributed by atoms with Crippen LogP contribution in [-0.4, -0.2) is 35.4 Å². The molecule has 1 aliphatic rings. The molecule has 0 unspecified atom stereocenters. The maximum atomic E-state index is 12.2. The summed E-state index contributed by atoms with van der Waals surface area (Å²) in [6, 6.07) is 32.4. The number of aromatic nitrogens is 1. The number of fused-ring (bicyclic) bond motifs is 3. The average Bonchev–Trinajstić information content (AvgIpc) is 3.36. The largest absolute Gasteiger partial charge is 0.354 e. The predicted molar refractivity (Wildman–Crippen MR) is 163 cm³/mol. The molecule has 1 fully saturated rings. The van der Waals surface area contributed by atoms with E-state index < -0.39 is 0 Å². The Morgan fingerprint density at radius 1 is 0.897 bits per heavy atom. The van der Waals surface area contributed by atoms with Gasteiger partial charge in [-0.25, -0.2) is 0 Å². The molecule has 1 saturated heterocycles. The van der Waals surface area contributed by atoms with Crippen molar-refractivity contribution in [1.29, 1.82) is 0 Å². The highest BCUT2D eigenvalue weighted by atomic mass is 16.1. The summed E-state index contributed by atoms with van der Waals surface area (Å²) in [5.41, 5.74) is 7.40. The lowest BCUT2D eigenvalue weighted by Gasteiger charge is -2.32. The van der Waals surface area contributed by atoms with Crippen molar-refractivity contribution >= 4 is 33.3 Å². The molecule has 1 aliphatic heterocycles. The second kappa shape index (κ2) is 11.1. The van der Waals surface area contributed by atoms with Crippen LogP contribution in [0.3, 0.4) is 0 Å². The molecule has 1 aromatic heterocycles. The molecule has 0 atom stereocenters. The Morgan fingerprint density at radius 2 is 1.67 bits per heavy atom. The monoisotopic (exact) mass is 515 g/mol. The van der Waals surface area contributed by atoms with Gasteiger partial charge < -0.3 is 15.2 Å². The van der Waals surface area contributed by atoms with Crippen LogP contribution in [0.4, 0.5) is 5.69 Å². The third kappa shape index (κ3) is 5.35. The normalized spacial score (nSPS) is 14.8. The fourth-order valence-corrected chi connectivity index (χ4v) is 6.02. The molecule has 0 saturated carbocycles. The quantitative estimate of drug-likeness (QED) is 0.231. The second-order valence-corrected chi connectivity index (χ2v) is 11.2. The summed E-state index contributed by atoms with van der Waals surface area (Å²) < 4.78 is 0. The standard InChI is InChI=1S/C35H37N3O/c1-24(2)35(39)36-29-13-8-12-28(23-29)25-17-20-38(21-18-25)22-19-32-31-16-15-26-9-6-7-14-30(26)34(31)37-33(32)27-10-4-3-5-11-27/h3-16,23-25,37H,17-22H2,1-2H3,(H,36,39). The molecule has 5 aromatic rings. The molecule has 39 heavy (non-hydrogen) atoms. The summed E-state index contributed by atoms with van der Waals surface area (Å²) in [6.45, 7) is 7.10. The lowest BCUT2D eigenvalue weighted by atomic mass is 9.89. The maximum absolute atomic E-state index is 12.2. The van der Waals surface area contributed by atoms with Gasteiger partial charge in [-0.3, -0.25) is 4.79 Å². The van der Waals surface area contributed by atoms with E-state index in [0.29, 0.717) is 5.92 Å². The topological polar surface area (TPSA) is 48.1 Å². The van der Waals surface area contributed by atoms with Crippen molar-refractivity contribution in [1.82, 2.24) is 9.88 Å². The van der Waals surface area contributed by atoms with Crippen LogP contribution in [-0.2, 0) is 11.2 Å². The molecule has 6 rings (SSSR count). The molecule has 1 amide bonds. The molecule has 198 valence electrons. The van der Waals surface area contributed by atoms with Gasteiger partial charge in [0.25, 0.3) is 0 Å². The van der Waals surface area contributed by atoms with Crippen molar-refractivity contribution in [2.45, 2.75) is 39.0 Å². The smallest absolute Gasteiger partial charge is 0.226 e. The zero-order valence-electron chi connectivity index (χ0n) is 22.9. The number of benzene rings is 4. The fourth-order valence-electron chi connectivity index (χ4n) is 6.02. The number of hydrogen-bond donors (Lipinski definition) is 2. The van der Waals surface area contributed by atoms with E-state index in [1.165, 1.54) is 44.1 Å². The van der Waals surface area contributed by atoms with Crippen LogP contribution in [0.25, 0.3) is 32.9 Å². The minimum absolute atomic E-state index is 0.0184. The van der Waals surface area contributed by atoms with Crippen molar-refractivity contribution in [2.24, 2.45) is 5.92 Å². The van der Waals surface area contributed by atoms with Gasteiger partial charge in [0.05, 0.1) is 5.52 Å². The van der Waals surface area contributed by atoms with Gasteiger partial charge in [-0.05, 0) is 72.5 Å². The fraction of sp³-hybridized carbons (Fsp3) is 0.286. The first kappa shape index (κ1) is 25.4. The molecule has 0 spiro atoms. The minimum Gasteiger partial charge on any atom is -0.354 e. The van der Waals surface area contributed by atoms with Crippen LogP contribution in [0.15, 0.2) is 91.0 Å². The Kier molecular flexibility index (Phi) is 7.21. The van der Waals surface area contributed by atoms with E-state index in [4.69, 9.17) is 0 Å². The molecule has 4 heteroatoms. The number of H-pyrrole nitrogens is 1. The van der Waals surface area contributed by atoms with E-state index in [0.717, 1.165) is 44.6 Å². The van der Waals surface area contributed by atoms with Crippen molar-refractivity contribution < 1.29 is 4.79 Å². The number of aromatic amines is 1. The Bertz CT molecular complexity index is 1590. The third-order valence-corrected chi connectivity index (χ3v) is 8.28. The molecule has 2 N–H and O–H groups in total. The Hall–Kier alpha value is -3.89. The highest BCUT2D eigenvalue weighted by Crippen LogP contribution is 2.35. The molecule has 0 aliphatic carbocycles. The number of amides is 1. The van der Waals surface area contributed by atoms with Gasteiger partial charge in [-0.15, -0.1) is 0 Å². The van der Waals surface area contributed by atoms with Gasteiger partial charge in [-0.2, -0.15) is 0 Å². The highest BCUT2D eigenvalue weighted by molar-refractivity contribution is 6.08. The molecule has 2 heterocycles. The number of likely N-dealkylation sites (tertiary alicyclic amines) is 1. The molecular formula is C35H37N3O. The minimum atomic E-state index is -0.0184. The summed E-state index contributed by atoms with van der Waals surface area (Å²) in [6.07, 6.45) is 3.31. The average molecular weight is 516 g/mol. The number of nitrogens with one attached hydrogen (secondary N) is 2. The lowest BCUT2D eigenvalue weighted by Crippen LogP contribution is -2.34. The number of anilines is 1. The predicted octanol–water partition coefficient (Wildman–Crippen LogP) is 8.00. The van der Waals surface area contributed by atoms with E-state index in [1.54, 1.807) is 0 Å². The molecule has 4 aromatic carbocycles. The van der Waals surface area contributed by atoms with Crippen LogP contribution in [0.2, 0.25) is 0 Å². The summed E-state index contributed by atoms with van der Waals surface area (Å²) >= 11 is 0. The van der Waals surface area contributed by atoms with Crippen LogP contribution < -0.4 is 5.32 Å². The highest BCUT2D eigenvalue weighted by Gasteiger charge is 2.22. The van der Waals surface area contributed by atoms with Gasteiger partial charge >= 0.3 is 0 Å². The Balaban J connectivity index is 1.18. The van der Waals surface area contributed by atoms with Gasteiger partial charge in [0.1, 0.15) is 0 Å². The van der Waals surface area contributed by atoms with E-state index in [1.807, 2.05) is 19.9 Å². The van der Waals surface area contributed by atoms with Crippen molar-refractivity contribution in [2.75, 3.05) is 25.0 Å². The van der Waals surface area contributed by atoms with Crippen LogP contribution >= 0.6 is 0 Å². The van der Waals surface area contributed by atoms with Crippen LogP contribution in [0.1, 0.15) is 43.7 Å². The maximum Gasteiger partial charge on any atom is 0.226 e. The molecule has 0 radical (unpaired) electrons. The van der Waals surface area contributed by atoms with Crippen molar-refractivity contribution in [3.05, 3.63) is 102 Å². The summed E-state index contributed by atoms with van der Waals surface area (Å²) in [5, 5.41) is 6.95. The van der Waals surface area contributed by atoms with Gasteiger partial charge in [0, 0.05) is 34.6 Å². The first-order valence-electron chi connectivity index (χ1n) is 14.3. The SMILES string of the molecule is CC(C)C(=O)Nc1cccc(C2CCN(CCc3c(-c4ccccc4)[nH]c4c3ccc3ccccc34)CC2)c1. The third-order valence-electron chi connectivity index (χ3n) is 8.28. The van der Waals surface area contributed by atoms with Gasteiger partial charge in [0.2, 0.25) is 5.91 Å². The first-order valence-corrected chi connectivity index (χ1v) is 14.3. The number of nitrogens with zero attached hydrogens (tertiary/aromatic N) is 1. The zero-order valence-corrected chi connectivity index (χ0v) is 22.9. The number of carbonyl (C=O) groups excluding carboxylic acids is 1. The van der Waals surface area contributed by atoms with E-state index in [2.05, 4.69) is 100 Å². The van der Waals surface area contributed by atoms with Crippen molar-refractivity contribution in [3.8, 4) is 11.3 Å². The molecule has 0 bridgehead atoms. The summed E-state index contributed by atoms with van der Waals surface area (Å²) in [7, 11) is 0. The zero-order chi connectivity index (χ0) is 26.8. The van der Waals surface area contributed by atoms with Gasteiger partial charge in [0.15, 0.2) is 0 Å². The van der Waals surface area contributed by atoms with E-state index >= 15 is 0 Å². The number of piperidine rings is 1. The summed E-state index contributed by atoms with van der Waals surface area (Å²) in [5.74, 6) is 0.591. The number of rotatable bonds is 7. The van der Waals surface area contributed by atoms with Crippen molar-refractivity contribution in [3.63, 3.8) is 0 Å².